The zero-order valence-corrected chi connectivity index (χ0v) is 14.1. The van der Waals surface area contributed by atoms with Crippen LogP contribution in [0, 0.1) is 0 Å². The molecule has 0 aromatic carbocycles. The molecule has 8 nitrogen and oxygen atoms in total. The van der Waals surface area contributed by atoms with Gasteiger partial charge in [0.15, 0.2) is 0 Å². The maximum absolute atomic E-state index is 5.27. The highest BCUT2D eigenvalue weighted by atomic mass is 16.6. The maximum Gasteiger partial charge on any atom is 0.104 e. The quantitative estimate of drug-likeness (QED) is 0.311. The standard InChI is InChI=1S/2C8H14O4/c2*1(9-3-7-5-11-7)2-10-4-8-6-12-8/h2*7-8H,1-6H2. The summed E-state index contributed by atoms with van der Waals surface area (Å²) in [5, 5.41) is 0. The van der Waals surface area contributed by atoms with E-state index in [1.807, 2.05) is 0 Å². The molecule has 0 spiro atoms. The van der Waals surface area contributed by atoms with Crippen molar-refractivity contribution in [2.24, 2.45) is 0 Å². The average Bonchev–Trinajstić information content (AvgIpc) is 3.45. The molecule has 0 amide bonds. The molecule has 4 atom stereocenters. The van der Waals surface area contributed by atoms with Gasteiger partial charge in [-0.2, -0.15) is 0 Å². The van der Waals surface area contributed by atoms with Gasteiger partial charge >= 0.3 is 0 Å². The van der Waals surface area contributed by atoms with Gasteiger partial charge in [-0.1, -0.05) is 0 Å². The molecule has 0 N–H and O–H groups in total. The van der Waals surface area contributed by atoms with Crippen molar-refractivity contribution in [3.8, 4) is 0 Å². The van der Waals surface area contributed by atoms with Gasteiger partial charge in [-0.05, 0) is 0 Å². The number of hydrogen-bond donors (Lipinski definition) is 0. The molecule has 0 aliphatic carbocycles. The molecule has 0 radical (unpaired) electrons. The molecule has 4 aliphatic rings. The van der Waals surface area contributed by atoms with Gasteiger partial charge in [0.25, 0.3) is 0 Å². The Balaban J connectivity index is 0.000000141. The topological polar surface area (TPSA) is 87.0 Å². The monoisotopic (exact) mass is 348 g/mol. The predicted molar refractivity (Wildman–Crippen MR) is 82.2 cm³/mol. The van der Waals surface area contributed by atoms with E-state index in [0.29, 0.717) is 77.3 Å². The highest BCUT2D eigenvalue weighted by Crippen LogP contribution is 2.10. The molecule has 0 aromatic heterocycles. The van der Waals surface area contributed by atoms with Gasteiger partial charge in [0.2, 0.25) is 0 Å². The number of rotatable bonds is 14. The lowest BCUT2D eigenvalue weighted by atomic mass is 10.5. The number of hydrogen-bond acceptors (Lipinski definition) is 8. The van der Waals surface area contributed by atoms with E-state index in [1.54, 1.807) is 0 Å². The fourth-order valence-corrected chi connectivity index (χ4v) is 1.75. The zero-order valence-electron chi connectivity index (χ0n) is 14.1. The lowest BCUT2D eigenvalue weighted by molar-refractivity contribution is 0.0366. The van der Waals surface area contributed by atoms with Crippen molar-refractivity contribution in [2.45, 2.75) is 24.4 Å². The summed E-state index contributed by atoms with van der Waals surface area (Å²) >= 11 is 0. The summed E-state index contributed by atoms with van der Waals surface area (Å²) < 4.78 is 41.0. The van der Waals surface area contributed by atoms with Gasteiger partial charge in [-0.15, -0.1) is 0 Å². The second-order valence-electron chi connectivity index (χ2n) is 6.12. The van der Waals surface area contributed by atoms with Crippen LogP contribution in [0.1, 0.15) is 0 Å². The lowest BCUT2D eigenvalue weighted by Crippen LogP contribution is -2.10. The van der Waals surface area contributed by atoms with Crippen molar-refractivity contribution in [3.05, 3.63) is 0 Å². The molecule has 24 heavy (non-hydrogen) atoms. The van der Waals surface area contributed by atoms with Crippen LogP contribution in [-0.2, 0) is 37.9 Å². The molecule has 4 saturated heterocycles. The maximum atomic E-state index is 5.27. The Bertz CT molecular complexity index is 262. The Labute approximate surface area is 142 Å². The molecule has 0 saturated carbocycles. The molecule has 140 valence electrons. The minimum Gasteiger partial charge on any atom is -0.376 e. The molecule has 0 aromatic rings. The third kappa shape index (κ3) is 10.5. The van der Waals surface area contributed by atoms with Crippen LogP contribution < -0.4 is 0 Å². The van der Waals surface area contributed by atoms with Gasteiger partial charge in [0.1, 0.15) is 24.4 Å². The van der Waals surface area contributed by atoms with Crippen molar-refractivity contribution < 1.29 is 37.9 Å². The average molecular weight is 348 g/mol. The van der Waals surface area contributed by atoms with Crippen molar-refractivity contribution >= 4 is 0 Å². The Hall–Kier alpha value is -0.320. The summed E-state index contributed by atoms with van der Waals surface area (Å²) in [5.74, 6) is 0. The van der Waals surface area contributed by atoms with Gasteiger partial charge < -0.3 is 37.9 Å². The SMILES string of the molecule is C(COCC1CO1)OCC1CO1.C(COCC1CO1)OCC1CO1. The predicted octanol–water partition coefficient (Wildman–Crippen LogP) is -0.366. The molecule has 0 bridgehead atoms. The first-order valence-electron chi connectivity index (χ1n) is 8.67. The first-order chi connectivity index (χ1) is 11.9. The van der Waals surface area contributed by atoms with Crippen molar-refractivity contribution in [2.75, 3.05) is 79.3 Å². The van der Waals surface area contributed by atoms with Crippen LogP contribution in [0.2, 0.25) is 0 Å². The third-order valence-electron chi connectivity index (χ3n) is 3.57. The van der Waals surface area contributed by atoms with Crippen molar-refractivity contribution in [3.63, 3.8) is 0 Å². The van der Waals surface area contributed by atoms with E-state index in [4.69, 9.17) is 37.9 Å². The Kier molecular flexibility index (Phi) is 8.17. The van der Waals surface area contributed by atoms with Gasteiger partial charge in [0, 0.05) is 0 Å². The summed E-state index contributed by atoms with van der Waals surface area (Å²) in [7, 11) is 0. The molecule has 4 aliphatic heterocycles. The van der Waals surface area contributed by atoms with E-state index < -0.39 is 0 Å². The molecule has 4 unspecified atom stereocenters. The van der Waals surface area contributed by atoms with E-state index >= 15 is 0 Å². The molecular formula is C16H28O8. The second-order valence-corrected chi connectivity index (χ2v) is 6.12. The molecule has 8 heteroatoms. The van der Waals surface area contributed by atoms with E-state index in [9.17, 15) is 0 Å². The largest absolute Gasteiger partial charge is 0.376 e. The number of ether oxygens (including phenoxy) is 8. The smallest absolute Gasteiger partial charge is 0.104 e. The van der Waals surface area contributed by atoms with Gasteiger partial charge in [0.05, 0.1) is 79.3 Å². The normalized spacial score (nSPS) is 32.0. The molecule has 4 fully saturated rings. The van der Waals surface area contributed by atoms with E-state index in [0.717, 1.165) is 26.4 Å². The first-order valence-corrected chi connectivity index (χ1v) is 8.67. The fourth-order valence-electron chi connectivity index (χ4n) is 1.75. The van der Waals surface area contributed by atoms with Crippen LogP contribution in [0.4, 0.5) is 0 Å². The van der Waals surface area contributed by atoms with Crippen molar-refractivity contribution in [1.82, 2.24) is 0 Å². The van der Waals surface area contributed by atoms with E-state index in [1.165, 1.54) is 0 Å². The fraction of sp³-hybridized carbons (Fsp3) is 1.00. The Morgan fingerprint density at radius 3 is 0.833 bits per heavy atom. The highest BCUT2D eigenvalue weighted by molar-refractivity contribution is 4.69. The summed E-state index contributed by atoms with van der Waals surface area (Å²) in [6.45, 7) is 8.92. The first kappa shape index (κ1) is 18.5. The summed E-state index contributed by atoms with van der Waals surface area (Å²) in [6.07, 6.45) is 1.43. The second kappa shape index (κ2) is 10.6. The summed E-state index contributed by atoms with van der Waals surface area (Å²) in [5.41, 5.74) is 0. The van der Waals surface area contributed by atoms with Crippen LogP contribution in [0.25, 0.3) is 0 Å². The molecular weight excluding hydrogens is 320 g/mol. The van der Waals surface area contributed by atoms with E-state index in [-0.39, 0.29) is 0 Å². The highest BCUT2D eigenvalue weighted by Gasteiger charge is 2.24. The summed E-state index contributed by atoms with van der Waals surface area (Å²) in [6, 6.07) is 0. The molecule has 4 heterocycles. The van der Waals surface area contributed by atoms with Crippen LogP contribution >= 0.6 is 0 Å². The Morgan fingerprint density at radius 1 is 0.458 bits per heavy atom. The third-order valence-corrected chi connectivity index (χ3v) is 3.57. The summed E-state index contributed by atoms with van der Waals surface area (Å²) in [4.78, 5) is 0. The van der Waals surface area contributed by atoms with Crippen LogP contribution in [0.3, 0.4) is 0 Å². The number of epoxide rings is 4. The molecule has 4 rings (SSSR count). The Morgan fingerprint density at radius 2 is 0.667 bits per heavy atom. The minimum absolute atomic E-state index is 0.358. The van der Waals surface area contributed by atoms with E-state index in [2.05, 4.69) is 0 Å². The van der Waals surface area contributed by atoms with Crippen molar-refractivity contribution in [1.29, 1.82) is 0 Å². The van der Waals surface area contributed by atoms with Crippen LogP contribution in [0.15, 0.2) is 0 Å². The van der Waals surface area contributed by atoms with Crippen LogP contribution in [-0.4, -0.2) is 104 Å². The minimum atomic E-state index is 0.358. The van der Waals surface area contributed by atoms with Gasteiger partial charge in [-0.25, -0.2) is 0 Å². The van der Waals surface area contributed by atoms with Crippen LogP contribution in [0.5, 0.6) is 0 Å². The zero-order chi connectivity index (χ0) is 16.5. The lowest BCUT2D eigenvalue weighted by Gasteiger charge is -2.02. The van der Waals surface area contributed by atoms with Gasteiger partial charge in [-0.3, -0.25) is 0 Å².